The first-order valence-electron chi connectivity index (χ1n) is 7.97. The van der Waals surface area contributed by atoms with Crippen LogP contribution in [0.5, 0.6) is 0 Å². The van der Waals surface area contributed by atoms with Gasteiger partial charge in [0.1, 0.15) is 5.69 Å². The monoisotopic (exact) mass is 325 g/mol. The third kappa shape index (κ3) is 2.52. The van der Waals surface area contributed by atoms with Crippen LogP contribution in [0.3, 0.4) is 0 Å². The first-order chi connectivity index (χ1) is 12.2. The van der Waals surface area contributed by atoms with E-state index in [0.717, 1.165) is 27.2 Å². The fraction of sp³-hybridized carbons (Fsp3) is 0.0476. The van der Waals surface area contributed by atoms with Gasteiger partial charge in [-0.25, -0.2) is 0 Å². The number of carbonyl (C=O) groups excluding carboxylic acids is 1. The second-order valence-electron chi connectivity index (χ2n) is 6.00. The Morgan fingerprint density at radius 3 is 2.60 bits per heavy atom. The van der Waals surface area contributed by atoms with E-state index < -0.39 is 5.91 Å². The van der Waals surface area contributed by atoms with Crippen LogP contribution >= 0.6 is 0 Å². The molecule has 0 fully saturated rings. The molecule has 0 aliphatic rings. The maximum Gasteiger partial charge on any atom is 0.265 e. The van der Waals surface area contributed by atoms with Gasteiger partial charge in [0.25, 0.3) is 5.91 Å². The van der Waals surface area contributed by atoms with Gasteiger partial charge in [-0.15, -0.1) is 0 Å². The maximum absolute atomic E-state index is 11.9. The Bertz CT molecular complexity index is 1160. The second kappa shape index (κ2) is 5.81. The molecule has 0 saturated heterocycles. The number of amides is 1. The summed E-state index contributed by atoms with van der Waals surface area (Å²) in [5.41, 5.74) is 8.52. The summed E-state index contributed by atoms with van der Waals surface area (Å²) in [4.78, 5) is 11.9. The molecule has 0 aliphatic heterocycles. The van der Waals surface area contributed by atoms with Gasteiger partial charge in [-0.1, -0.05) is 48.5 Å². The van der Waals surface area contributed by atoms with Crippen LogP contribution in [0.4, 0.5) is 0 Å². The fourth-order valence-electron chi connectivity index (χ4n) is 3.30. The molecule has 4 nitrogen and oxygen atoms in total. The topological polar surface area (TPSA) is 71.8 Å². The Morgan fingerprint density at radius 1 is 1.00 bits per heavy atom. The minimum atomic E-state index is -0.477. The summed E-state index contributed by atoms with van der Waals surface area (Å²) in [5, 5.41) is 12.4. The van der Waals surface area contributed by atoms with Gasteiger partial charge in [0.2, 0.25) is 0 Å². The van der Waals surface area contributed by atoms with E-state index in [1.807, 2.05) is 34.9 Å². The lowest BCUT2D eigenvalue weighted by atomic mass is 10.0. The molecule has 1 amide bonds. The zero-order valence-corrected chi connectivity index (χ0v) is 13.4. The predicted octanol–water partition coefficient (Wildman–Crippen LogP) is 3.81. The number of carbonyl (C=O) groups is 1. The van der Waals surface area contributed by atoms with Crippen LogP contribution < -0.4 is 5.73 Å². The maximum atomic E-state index is 11.9. The normalized spacial score (nSPS) is 10.8. The number of hydrogen-bond acceptors (Lipinski definition) is 2. The van der Waals surface area contributed by atoms with Crippen molar-refractivity contribution in [2.45, 2.75) is 6.54 Å². The molecule has 25 heavy (non-hydrogen) atoms. The molecular weight excluding hydrogens is 310 g/mol. The van der Waals surface area contributed by atoms with Crippen molar-refractivity contribution >= 4 is 27.6 Å². The van der Waals surface area contributed by atoms with Crippen molar-refractivity contribution in [3.63, 3.8) is 0 Å². The molecule has 4 aromatic rings. The summed E-state index contributed by atoms with van der Waals surface area (Å²) >= 11 is 0. The molecule has 2 N–H and O–H groups in total. The lowest BCUT2D eigenvalue weighted by Gasteiger charge is -2.12. The smallest absolute Gasteiger partial charge is 0.265 e. The summed E-state index contributed by atoms with van der Waals surface area (Å²) in [6, 6.07) is 23.6. The summed E-state index contributed by atoms with van der Waals surface area (Å²) in [7, 11) is 0. The van der Waals surface area contributed by atoms with Crippen molar-refractivity contribution in [3.8, 4) is 6.07 Å². The highest BCUT2D eigenvalue weighted by Gasteiger charge is 2.15. The van der Waals surface area contributed by atoms with Gasteiger partial charge < -0.3 is 10.3 Å². The van der Waals surface area contributed by atoms with Crippen LogP contribution in [0.1, 0.15) is 21.6 Å². The molecule has 120 valence electrons. The fourth-order valence-corrected chi connectivity index (χ4v) is 3.30. The van der Waals surface area contributed by atoms with Crippen molar-refractivity contribution in [2.24, 2.45) is 5.73 Å². The van der Waals surface area contributed by atoms with E-state index in [-0.39, 0.29) is 0 Å². The first-order valence-corrected chi connectivity index (χ1v) is 7.97. The lowest BCUT2D eigenvalue weighted by molar-refractivity contribution is 0.0992. The number of nitrogens with two attached hydrogens (primary N) is 1. The molecule has 1 heterocycles. The Hall–Kier alpha value is -3.58. The summed E-state index contributed by atoms with van der Waals surface area (Å²) in [5.74, 6) is -0.477. The Balaban J connectivity index is 1.94. The second-order valence-corrected chi connectivity index (χ2v) is 6.00. The molecule has 0 radical (unpaired) electrons. The highest BCUT2D eigenvalue weighted by atomic mass is 16.1. The average Bonchev–Trinajstić information content (AvgIpc) is 3.00. The largest absolute Gasteiger partial charge is 0.364 e. The zero-order chi connectivity index (χ0) is 17.4. The van der Waals surface area contributed by atoms with Crippen LogP contribution in [-0.4, -0.2) is 10.5 Å². The van der Waals surface area contributed by atoms with E-state index >= 15 is 0 Å². The van der Waals surface area contributed by atoms with Crippen LogP contribution in [0.15, 0.2) is 66.7 Å². The highest BCUT2D eigenvalue weighted by molar-refractivity contribution is 5.98. The van der Waals surface area contributed by atoms with Crippen molar-refractivity contribution in [1.29, 1.82) is 5.26 Å². The van der Waals surface area contributed by atoms with Gasteiger partial charge in [-0.05, 0) is 34.5 Å². The summed E-state index contributed by atoms with van der Waals surface area (Å²) in [6.07, 6.45) is 0. The van der Waals surface area contributed by atoms with Gasteiger partial charge >= 0.3 is 0 Å². The van der Waals surface area contributed by atoms with E-state index in [2.05, 4.69) is 24.3 Å². The molecular formula is C21H15N3O. The average molecular weight is 325 g/mol. The van der Waals surface area contributed by atoms with Crippen LogP contribution in [0.2, 0.25) is 0 Å². The SMILES string of the molecule is N#Cc1ccc2cc(C(N)=O)n(Cc3cccc4ccccc34)c2c1. The lowest BCUT2D eigenvalue weighted by Crippen LogP contribution is -2.17. The Kier molecular flexibility index (Phi) is 3.48. The number of nitriles is 1. The molecule has 0 aliphatic carbocycles. The third-order valence-electron chi connectivity index (χ3n) is 4.49. The number of fused-ring (bicyclic) bond motifs is 2. The molecule has 4 rings (SSSR count). The predicted molar refractivity (Wildman–Crippen MR) is 98.2 cm³/mol. The van der Waals surface area contributed by atoms with Gasteiger partial charge in [-0.3, -0.25) is 4.79 Å². The summed E-state index contributed by atoms with van der Waals surface area (Å²) < 4.78 is 1.89. The van der Waals surface area contributed by atoms with E-state index in [9.17, 15) is 10.1 Å². The Labute approximate surface area is 144 Å². The molecule has 0 saturated carbocycles. The quantitative estimate of drug-likeness (QED) is 0.622. The van der Waals surface area contributed by atoms with E-state index in [1.165, 1.54) is 0 Å². The highest BCUT2D eigenvalue weighted by Crippen LogP contribution is 2.25. The van der Waals surface area contributed by atoms with Crippen molar-refractivity contribution in [3.05, 3.63) is 83.6 Å². The number of aromatic nitrogens is 1. The van der Waals surface area contributed by atoms with E-state index in [0.29, 0.717) is 17.8 Å². The van der Waals surface area contributed by atoms with Crippen molar-refractivity contribution in [2.75, 3.05) is 0 Å². The van der Waals surface area contributed by atoms with Gasteiger partial charge in [0.15, 0.2) is 0 Å². The van der Waals surface area contributed by atoms with Crippen LogP contribution in [-0.2, 0) is 6.54 Å². The van der Waals surface area contributed by atoms with Gasteiger partial charge in [0, 0.05) is 11.9 Å². The third-order valence-corrected chi connectivity index (χ3v) is 4.49. The van der Waals surface area contributed by atoms with E-state index in [1.54, 1.807) is 18.2 Å². The van der Waals surface area contributed by atoms with Crippen molar-refractivity contribution < 1.29 is 4.79 Å². The van der Waals surface area contributed by atoms with Gasteiger partial charge in [-0.2, -0.15) is 5.26 Å². The molecule has 0 atom stereocenters. The number of rotatable bonds is 3. The number of nitrogens with zero attached hydrogens (tertiary/aromatic N) is 2. The molecule has 1 aromatic heterocycles. The zero-order valence-electron chi connectivity index (χ0n) is 13.4. The number of benzene rings is 3. The molecule has 0 bridgehead atoms. The van der Waals surface area contributed by atoms with E-state index in [4.69, 9.17) is 5.73 Å². The standard InChI is InChI=1S/C21H15N3O/c22-12-14-8-9-16-11-20(21(23)25)24(19(16)10-14)13-17-6-3-5-15-4-1-2-7-18(15)17/h1-11H,13H2,(H2,23,25). The minimum absolute atomic E-state index is 0.443. The van der Waals surface area contributed by atoms with Crippen LogP contribution in [0.25, 0.3) is 21.7 Å². The molecule has 4 heteroatoms. The van der Waals surface area contributed by atoms with Crippen LogP contribution in [0, 0.1) is 11.3 Å². The molecule has 0 spiro atoms. The Morgan fingerprint density at radius 2 is 1.80 bits per heavy atom. The molecule has 3 aromatic carbocycles. The number of primary amides is 1. The summed E-state index contributed by atoms with van der Waals surface area (Å²) in [6.45, 7) is 0.512. The van der Waals surface area contributed by atoms with Gasteiger partial charge in [0.05, 0.1) is 17.1 Å². The molecule has 0 unspecified atom stereocenters. The van der Waals surface area contributed by atoms with Crippen molar-refractivity contribution in [1.82, 2.24) is 4.57 Å². The first kappa shape index (κ1) is 15.0. The minimum Gasteiger partial charge on any atom is -0.364 e. The number of hydrogen-bond donors (Lipinski definition) is 1.